The molecule has 0 saturated carbocycles. The molecule has 1 N–H and O–H groups in total. The molecular weight excluding hydrogens is 458 g/mol. The Hall–Kier alpha value is -1.87. The van der Waals surface area contributed by atoms with Gasteiger partial charge in [0.2, 0.25) is 15.8 Å². The van der Waals surface area contributed by atoms with Gasteiger partial charge in [-0.2, -0.15) is 16.5 Å². The first-order chi connectivity index (χ1) is 14.5. The first-order valence-electron chi connectivity index (χ1n) is 9.59. The molecule has 0 aliphatic carbocycles. The third-order valence-electron chi connectivity index (χ3n) is 4.62. The average molecular weight is 484 g/mol. The largest absolute Gasteiger partial charge is 0.456 e. The van der Waals surface area contributed by atoms with E-state index in [4.69, 9.17) is 16.3 Å². The molecule has 6 nitrogen and oxygen atoms in total. The number of hydrogen-bond acceptors (Lipinski definition) is 6. The normalized spacial score (nSPS) is 12.4. The molecule has 0 aromatic heterocycles. The zero-order valence-corrected chi connectivity index (χ0v) is 20.3. The van der Waals surface area contributed by atoms with E-state index in [0.717, 1.165) is 16.7 Å². The van der Waals surface area contributed by atoms with E-state index in [0.29, 0.717) is 16.3 Å². The Bertz CT molecular complexity index is 1030. The average Bonchev–Trinajstić information content (AvgIpc) is 2.68. The number of halogens is 1. The summed E-state index contributed by atoms with van der Waals surface area (Å²) in [6, 6.07) is 8.29. The lowest BCUT2D eigenvalue weighted by Gasteiger charge is -2.18. The molecule has 1 atom stereocenters. The minimum Gasteiger partial charge on any atom is -0.456 e. The number of hydrogen-bond donors (Lipinski definition) is 1. The van der Waals surface area contributed by atoms with Gasteiger partial charge in [-0.05, 0) is 74.6 Å². The molecule has 0 saturated heterocycles. The molecule has 9 heteroatoms. The molecule has 31 heavy (non-hydrogen) atoms. The molecule has 2 rings (SSSR count). The van der Waals surface area contributed by atoms with Gasteiger partial charge in [0.05, 0.1) is 4.90 Å². The van der Waals surface area contributed by atoms with Crippen LogP contribution in [0.25, 0.3) is 0 Å². The van der Waals surface area contributed by atoms with Gasteiger partial charge < -0.3 is 4.74 Å². The van der Waals surface area contributed by atoms with Crippen LogP contribution in [0, 0.1) is 20.8 Å². The number of nitrogens with one attached hydrogen (secondary N) is 1. The van der Waals surface area contributed by atoms with Gasteiger partial charge in [-0.15, -0.1) is 0 Å². The fraction of sp³-hybridized carbons (Fsp3) is 0.364. The van der Waals surface area contributed by atoms with Crippen LogP contribution < -0.4 is 4.72 Å². The van der Waals surface area contributed by atoms with Gasteiger partial charge in [-0.1, -0.05) is 29.3 Å². The number of benzene rings is 2. The van der Waals surface area contributed by atoms with Gasteiger partial charge in [0.15, 0.2) is 6.61 Å². The van der Waals surface area contributed by atoms with E-state index < -0.39 is 28.6 Å². The monoisotopic (exact) mass is 483 g/mol. The fourth-order valence-corrected chi connectivity index (χ4v) is 5.08. The molecule has 0 heterocycles. The second-order valence-electron chi connectivity index (χ2n) is 7.21. The third kappa shape index (κ3) is 7.07. The molecule has 0 fully saturated rings. The molecule has 0 aliphatic rings. The number of carbonyl (C=O) groups is 2. The maximum Gasteiger partial charge on any atom is 0.324 e. The number of carbonyl (C=O) groups excluding carboxylic acids is 2. The van der Waals surface area contributed by atoms with E-state index in [-0.39, 0.29) is 17.1 Å². The SMILES string of the molecule is CSCC[C@@H](NS(=O)(=O)c1ccc(Cl)cc1)C(=O)OCC(=O)c1c(C)cc(C)cc1C. The zero-order chi connectivity index (χ0) is 23.2. The molecule has 0 bridgehead atoms. The third-order valence-corrected chi connectivity index (χ3v) is 7.00. The number of thioether (sulfide) groups is 1. The summed E-state index contributed by atoms with van der Waals surface area (Å²) in [5.41, 5.74) is 3.17. The molecule has 0 amide bonds. The molecule has 0 radical (unpaired) electrons. The number of rotatable bonds is 10. The second-order valence-corrected chi connectivity index (χ2v) is 10.3. The molecule has 2 aromatic carbocycles. The van der Waals surface area contributed by atoms with Crippen molar-refractivity contribution in [2.24, 2.45) is 0 Å². The highest BCUT2D eigenvalue weighted by atomic mass is 35.5. The van der Waals surface area contributed by atoms with Crippen LogP contribution in [-0.4, -0.2) is 44.8 Å². The Morgan fingerprint density at radius 1 is 1.10 bits per heavy atom. The van der Waals surface area contributed by atoms with Crippen molar-refractivity contribution in [1.29, 1.82) is 0 Å². The minimum absolute atomic E-state index is 0.0131. The van der Waals surface area contributed by atoms with Crippen LogP contribution in [0.3, 0.4) is 0 Å². The van der Waals surface area contributed by atoms with Gasteiger partial charge in [0.1, 0.15) is 6.04 Å². The van der Waals surface area contributed by atoms with Crippen LogP contribution in [0.4, 0.5) is 0 Å². The highest BCUT2D eigenvalue weighted by Gasteiger charge is 2.27. The maximum absolute atomic E-state index is 12.7. The fourth-order valence-electron chi connectivity index (χ4n) is 3.26. The van der Waals surface area contributed by atoms with Crippen LogP contribution in [0.1, 0.15) is 33.5 Å². The first-order valence-corrected chi connectivity index (χ1v) is 12.8. The number of Topliss-reactive ketones (excluding diaryl/α,β-unsaturated/α-hetero) is 1. The summed E-state index contributed by atoms with van der Waals surface area (Å²) in [5.74, 6) is -0.581. The standard InChI is InChI=1S/C22H26ClNO5S2/c1-14-11-15(2)21(16(3)12-14)20(25)13-29-22(26)19(9-10-30-4)24-31(27,28)18-7-5-17(23)6-8-18/h5-8,11-12,19,24H,9-10,13H2,1-4H3/t19-/m1/s1. The van der Waals surface area contributed by atoms with Crippen LogP contribution in [0.2, 0.25) is 5.02 Å². The topological polar surface area (TPSA) is 89.5 Å². The molecule has 0 aliphatic heterocycles. The zero-order valence-electron chi connectivity index (χ0n) is 17.9. The van der Waals surface area contributed by atoms with Crippen molar-refractivity contribution in [3.63, 3.8) is 0 Å². The summed E-state index contributed by atoms with van der Waals surface area (Å²) in [5, 5.41) is 0.400. The van der Waals surface area contributed by atoms with E-state index in [9.17, 15) is 18.0 Å². The van der Waals surface area contributed by atoms with E-state index >= 15 is 0 Å². The van der Waals surface area contributed by atoms with Crippen LogP contribution in [0.15, 0.2) is 41.3 Å². The van der Waals surface area contributed by atoms with Crippen molar-refractivity contribution in [3.05, 3.63) is 63.7 Å². The van der Waals surface area contributed by atoms with Crippen molar-refractivity contribution in [2.75, 3.05) is 18.6 Å². The first kappa shape index (κ1) is 25.4. The van der Waals surface area contributed by atoms with Crippen molar-refractivity contribution >= 4 is 45.1 Å². The molecular formula is C22H26ClNO5S2. The molecule has 0 spiro atoms. The molecule has 168 valence electrons. The highest BCUT2D eigenvalue weighted by Crippen LogP contribution is 2.18. The van der Waals surface area contributed by atoms with Gasteiger partial charge in [-0.25, -0.2) is 8.42 Å². The highest BCUT2D eigenvalue weighted by molar-refractivity contribution is 7.98. The Kier molecular flexibility index (Phi) is 9.12. The Labute approximate surface area is 192 Å². The summed E-state index contributed by atoms with van der Waals surface area (Å²) >= 11 is 7.29. The number of esters is 1. The van der Waals surface area contributed by atoms with Crippen molar-refractivity contribution in [2.45, 2.75) is 38.1 Å². The Balaban J connectivity index is 2.12. The lowest BCUT2D eigenvalue weighted by Crippen LogP contribution is -2.42. The quantitative estimate of drug-likeness (QED) is 0.404. The van der Waals surface area contributed by atoms with Gasteiger partial charge in [-0.3, -0.25) is 9.59 Å². The van der Waals surface area contributed by atoms with Gasteiger partial charge in [0, 0.05) is 10.6 Å². The minimum atomic E-state index is -3.96. The lowest BCUT2D eigenvalue weighted by atomic mass is 9.97. The molecule has 0 unspecified atom stereocenters. The summed E-state index contributed by atoms with van der Waals surface area (Å²) < 4.78 is 32.9. The van der Waals surface area contributed by atoms with Crippen LogP contribution in [-0.2, 0) is 19.6 Å². The van der Waals surface area contributed by atoms with Gasteiger partial charge in [0.25, 0.3) is 0 Å². The van der Waals surface area contributed by atoms with Crippen molar-refractivity contribution in [1.82, 2.24) is 4.72 Å². The smallest absolute Gasteiger partial charge is 0.324 e. The Morgan fingerprint density at radius 2 is 1.68 bits per heavy atom. The predicted octanol–water partition coefficient (Wildman–Crippen LogP) is 4.09. The Morgan fingerprint density at radius 3 is 2.23 bits per heavy atom. The summed E-state index contributed by atoms with van der Waals surface area (Å²) in [6.07, 6.45) is 2.08. The molecule has 2 aromatic rings. The number of sulfonamides is 1. The van der Waals surface area contributed by atoms with E-state index in [2.05, 4.69) is 4.72 Å². The van der Waals surface area contributed by atoms with Crippen molar-refractivity contribution < 1.29 is 22.7 Å². The predicted molar refractivity (Wildman–Crippen MR) is 125 cm³/mol. The van der Waals surface area contributed by atoms with Gasteiger partial charge >= 0.3 is 5.97 Å². The van der Waals surface area contributed by atoms with E-state index in [1.807, 2.05) is 39.2 Å². The maximum atomic E-state index is 12.7. The van der Waals surface area contributed by atoms with E-state index in [1.54, 1.807) is 0 Å². The number of ether oxygens (including phenoxy) is 1. The number of ketones is 1. The summed E-state index contributed by atoms with van der Waals surface area (Å²) in [7, 11) is -3.96. The van der Waals surface area contributed by atoms with Crippen molar-refractivity contribution in [3.8, 4) is 0 Å². The second kappa shape index (κ2) is 11.1. The van der Waals surface area contributed by atoms with E-state index in [1.165, 1.54) is 36.0 Å². The number of aryl methyl sites for hydroxylation is 3. The lowest BCUT2D eigenvalue weighted by molar-refractivity contribution is -0.144. The van der Waals surface area contributed by atoms with Crippen LogP contribution in [0.5, 0.6) is 0 Å². The van der Waals surface area contributed by atoms with Crippen LogP contribution >= 0.6 is 23.4 Å². The summed E-state index contributed by atoms with van der Waals surface area (Å²) in [4.78, 5) is 25.3. The summed E-state index contributed by atoms with van der Waals surface area (Å²) in [6.45, 7) is 5.15.